The highest BCUT2D eigenvalue weighted by atomic mass is 19.4. The summed E-state index contributed by atoms with van der Waals surface area (Å²) in [5.41, 5.74) is 0.425. The van der Waals surface area contributed by atoms with Crippen molar-refractivity contribution in [2.75, 3.05) is 6.54 Å². The molecule has 7 heteroatoms. The van der Waals surface area contributed by atoms with Crippen LogP contribution in [-0.4, -0.2) is 22.4 Å². The lowest BCUT2D eigenvalue weighted by Crippen LogP contribution is -2.29. The zero-order valence-corrected chi connectivity index (χ0v) is 14.6. The largest absolute Gasteiger partial charge is 0.416 e. The van der Waals surface area contributed by atoms with Crippen LogP contribution < -0.4 is 5.32 Å². The highest BCUT2D eigenvalue weighted by Crippen LogP contribution is 2.36. The van der Waals surface area contributed by atoms with Gasteiger partial charge < -0.3 is 10.3 Å². The number of nitrogens with zero attached hydrogens (tertiary/aromatic N) is 1. The second-order valence-corrected chi connectivity index (χ2v) is 6.92. The maximum Gasteiger partial charge on any atom is 0.416 e. The van der Waals surface area contributed by atoms with Crippen LogP contribution in [0.2, 0.25) is 0 Å². The van der Waals surface area contributed by atoms with Gasteiger partial charge in [-0.05, 0) is 43.7 Å². The number of hydrogen-bond donors (Lipinski definition) is 2. The predicted molar refractivity (Wildman–Crippen MR) is 92.4 cm³/mol. The lowest BCUT2D eigenvalue weighted by atomic mass is 9.81. The van der Waals surface area contributed by atoms with Crippen LogP contribution in [0.25, 0.3) is 11.3 Å². The molecule has 1 saturated carbocycles. The van der Waals surface area contributed by atoms with E-state index in [1.807, 2.05) is 0 Å². The average Bonchev–Trinajstić information content (AvgIpc) is 3.10. The minimum Gasteiger partial charge on any atom is -0.356 e. The van der Waals surface area contributed by atoms with E-state index in [1.54, 1.807) is 12.3 Å². The van der Waals surface area contributed by atoms with E-state index in [0.29, 0.717) is 23.7 Å². The molecule has 1 aromatic carbocycles. The first kappa shape index (κ1) is 18.5. The smallest absolute Gasteiger partial charge is 0.356 e. The number of aromatic amines is 1. The topological polar surface area (TPSA) is 57.8 Å². The molecule has 0 bridgehead atoms. The average molecular weight is 365 g/mol. The molecule has 1 aliphatic rings. The van der Waals surface area contributed by atoms with Gasteiger partial charge in [0.1, 0.15) is 5.82 Å². The molecule has 140 valence electrons. The van der Waals surface area contributed by atoms with Gasteiger partial charge in [0.2, 0.25) is 5.91 Å². The summed E-state index contributed by atoms with van der Waals surface area (Å²) in [5, 5.41) is 2.86. The summed E-state index contributed by atoms with van der Waals surface area (Å²) in [6.45, 7) is 2.22. The van der Waals surface area contributed by atoms with Crippen LogP contribution in [0.3, 0.4) is 0 Å². The second-order valence-electron chi connectivity index (χ2n) is 6.92. The Hall–Kier alpha value is -2.31. The van der Waals surface area contributed by atoms with E-state index in [9.17, 15) is 18.0 Å². The molecule has 1 amide bonds. The van der Waals surface area contributed by atoms with Crippen LogP contribution in [0, 0.1) is 5.92 Å². The predicted octanol–water partition coefficient (Wildman–Crippen LogP) is 4.51. The molecule has 4 nitrogen and oxygen atoms in total. The number of H-pyrrole nitrogens is 1. The van der Waals surface area contributed by atoms with Gasteiger partial charge in [-0.3, -0.25) is 4.79 Å². The highest BCUT2D eigenvalue weighted by Gasteiger charge is 2.30. The van der Waals surface area contributed by atoms with Crippen molar-refractivity contribution in [3.8, 4) is 11.3 Å². The molecular weight excluding hydrogens is 343 g/mol. The van der Waals surface area contributed by atoms with Gasteiger partial charge in [0.15, 0.2) is 0 Å². The molecule has 1 aliphatic carbocycles. The normalized spacial score (nSPS) is 20.8. The molecule has 26 heavy (non-hydrogen) atoms. The number of benzene rings is 1. The molecule has 1 fully saturated rings. The summed E-state index contributed by atoms with van der Waals surface area (Å²) in [4.78, 5) is 18.6. The third kappa shape index (κ3) is 4.45. The number of alkyl halides is 3. The monoisotopic (exact) mass is 365 g/mol. The molecule has 0 atom stereocenters. The SMILES string of the molecule is CC(=O)NCC1CCC(c2ncc(-c3cccc(C(F)(F)F)c3)[nH]2)CC1. The van der Waals surface area contributed by atoms with Gasteiger partial charge >= 0.3 is 6.18 Å². The Kier molecular flexibility index (Phi) is 5.34. The number of nitrogens with one attached hydrogen (secondary N) is 2. The summed E-state index contributed by atoms with van der Waals surface area (Å²) in [6.07, 6.45) is 1.17. The Morgan fingerprint density at radius 3 is 2.65 bits per heavy atom. The summed E-state index contributed by atoms with van der Waals surface area (Å²) in [7, 11) is 0. The molecular formula is C19H22F3N3O. The van der Waals surface area contributed by atoms with Gasteiger partial charge in [0.25, 0.3) is 0 Å². The Morgan fingerprint density at radius 2 is 2.00 bits per heavy atom. The minimum absolute atomic E-state index is 0.0103. The molecule has 3 rings (SSSR count). The first-order valence-corrected chi connectivity index (χ1v) is 8.80. The number of amides is 1. The molecule has 0 radical (unpaired) electrons. The number of halogens is 3. The van der Waals surface area contributed by atoms with Crippen molar-refractivity contribution in [1.82, 2.24) is 15.3 Å². The quantitative estimate of drug-likeness (QED) is 0.838. The number of imidazole rings is 1. The van der Waals surface area contributed by atoms with E-state index in [4.69, 9.17) is 0 Å². The number of hydrogen-bond acceptors (Lipinski definition) is 2. The van der Waals surface area contributed by atoms with Crippen LogP contribution in [0.5, 0.6) is 0 Å². The van der Waals surface area contributed by atoms with Crippen molar-refractivity contribution in [2.45, 2.75) is 44.7 Å². The van der Waals surface area contributed by atoms with Crippen LogP contribution in [0.4, 0.5) is 13.2 Å². The van der Waals surface area contributed by atoms with Gasteiger partial charge in [-0.15, -0.1) is 0 Å². The number of aromatic nitrogens is 2. The number of carbonyl (C=O) groups is 1. The van der Waals surface area contributed by atoms with Gasteiger partial charge in [-0.25, -0.2) is 4.98 Å². The summed E-state index contributed by atoms with van der Waals surface area (Å²) >= 11 is 0. The van der Waals surface area contributed by atoms with Crippen LogP contribution in [0.15, 0.2) is 30.5 Å². The van der Waals surface area contributed by atoms with Gasteiger partial charge in [0, 0.05) is 24.9 Å². The van der Waals surface area contributed by atoms with Gasteiger partial charge in [-0.1, -0.05) is 12.1 Å². The lowest BCUT2D eigenvalue weighted by molar-refractivity contribution is -0.137. The van der Waals surface area contributed by atoms with E-state index in [0.717, 1.165) is 43.6 Å². The highest BCUT2D eigenvalue weighted by molar-refractivity contribution is 5.72. The maximum atomic E-state index is 12.9. The second kappa shape index (κ2) is 7.51. The summed E-state index contributed by atoms with van der Waals surface area (Å²) in [5.74, 6) is 1.58. The zero-order valence-electron chi connectivity index (χ0n) is 14.6. The standard InChI is InChI=1S/C19H22F3N3O/c1-12(26)23-10-13-5-7-14(8-6-13)18-24-11-17(25-18)15-3-2-4-16(9-15)19(20,21)22/h2-4,9,11,13-14H,5-8,10H2,1H3,(H,23,26)(H,24,25). The molecule has 0 saturated heterocycles. The van der Waals surface area contributed by atoms with Crippen molar-refractivity contribution in [2.24, 2.45) is 5.92 Å². The first-order chi connectivity index (χ1) is 12.3. The molecule has 0 unspecified atom stereocenters. The van der Waals surface area contributed by atoms with E-state index in [2.05, 4.69) is 15.3 Å². The van der Waals surface area contributed by atoms with Crippen LogP contribution in [0.1, 0.15) is 49.9 Å². The summed E-state index contributed by atoms with van der Waals surface area (Å²) < 4.78 is 38.6. The van der Waals surface area contributed by atoms with Crippen LogP contribution >= 0.6 is 0 Å². The lowest BCUT2D eigenvalue weighted by Gasteiger charge is -2.27. The van der Waals surface area contributed by atoms with Gasteiger partial charge in [-0.2, -0.15) is 13.2 Å². The summed E-state index contributed by atoms with van der Waals surface area (Å²) in [6, 6.07) is 5.27. The van der Waals surface area contributed by atoms with Crippen molar-refractivity contribution in [3.63, 3.8) is 0 Å². The minimum atomic E-state index is -4.36. The Labute approximate surface area is 150 Å². The Bertz CT molecular complexity index is 761. The third-order valence-electron chi connectivity index (χ3n) is 4.97. The van der Waals surface area contributed by atoms with E-state index in [1.165, 1.54) is 13.0 Å². The van der Waals surface area contributed by atoms with Crippen LogP contribution in [-0.2, 0) is 11.0 Å². The Morgan fingerprint density at radius 1 is 1.27 bits per heavy atom. The van der Waals surface area contributed by atoms with Gasteiger partial charge in [0.05, 0.1) is 17.5 Å². The van der Waals surface area contributed by atoms with Crippen molar-refractivity contribution in [3.05, 3.63) is 41.9 Å². The van der Waals surface area contributed by atoms with Crippen molar-refractivity contribution >= 4 is 5.91 Å². The zero-order chi connectivity index (χ0) is 18.7. The molecule has 2 aromatic rings. The fourth-order valence-electron chi connectivity index (χ4n) is 3.48. The molecule has 2 N–H and O–H groups in total. The van der Waals surface area contributed by atoms with Crippen molar-refractivity contribution in [1.29, 1.82) is 0 Å². The van der Waals surface area contributed by atoms with E-state index >= 15 is 0 Å². The first-order valence-electron chi connectivity index (χ1n) is 8.80. The van der Waals surface area contributed by atoms with E-state index in [-0.39, 0.29) is 11.8 Å². The fourth-order valence-corrected chi connectivity index (χ4v) is 3.48. The maximum absolute atomic E-state index is 12.9. The molecule has 1 aromatic heterocycles. The molecule has 1 heterocycles. The number of carbonyl (C=O) groups excluding carboxylic acids is 1. The molecule has 0 spiro atoms. The van der Waals surface area contributed by atoms with E-state index < -0.39 is 11.7 Å². The molecule has 0 aliphatic heterocycles. The van der Waals surface area contributed by atoms with Crippen molar-refractivity contribution < 1.29 is 18.0 Å². The Balaban J connectivity index is 1.65. The number of rotatable bonds is 4. The fraction of sp³-hybridized carbons (Fsp3) is 0.474. The third-order valence-corrected chi connectivity index (χ3v) is 4.97.